The summed E-state index contributed by atoms with van der Waals surface area (Å²) in [5, 5.41) is 20.4. The van der Waals surface area contributed by atoms with Crippen LogP contribution in [0.2, 0.25) is 5.02 Å². The predicted octanol–water partition coefficient (Wildman–Crippen LogP) is 6.11. The molecule has 0 atom stereocenters. The Morgan fingerprint density at radius 1 is 1.22 bits per heavy atom. The highest BCUT2D eigenvalue weighted by atomic mass is 35.5. The van der Waals surface area contributed by atoms with Crippen molar-refractivity contribution in [1.29, 1.82) is 5.26 Å². The molecular weight excluding hydrogens is 522 g/mol. The van der Waals surface area contributed by atoms with E-state index in [-0.39, 0.29) is 23.2 Å². The molecule has 36 heavy (non-hydrogen) atoms. The molecule has 11 heteroatoms. The highest BCUT2D eigenvalue weighted by molar-refractivity contribution is 8.27. The average molecular weight is 538 g/mol. The number of amides is 1. The van der Waals surface area contributed by atoms with Gasteiger partial charge in [0, 0.05) is 17.7 Å². The van der Waals surface area contributed by atoms with E-state index in [1.54, 1.807) is 36.4 Å². The standard InChI is InChI=1S/C25H16ClN3O5S2/c1-33-21-11-15(10-20(26)23(21)34-14-17-5-3-2-4-16(17)13-27)12-22-24(30)28(25(35)36-22)18-6-8-19(9-7-18)29(31)32/h2-12H,14H2,1H3/b22-12+. The fourth-order valence-corrected chi connectivity index (χ4v) is 5.01. The number of carbonyl (C=O) groups is 1. The van der Waals surface area contributed by atoms with Crippen LogP contribution in [0.1, 0.15) is 16.7 Å². The molecule has 0 bridgehead atoms. The first-order chi connectivity index (χ1) is 17.3. The summed E-state index contributed by atoms with van der Waals surface area (Å²) in [6, 6.07) is 18.1. The summed E-state index contributed by atoms with van der Waals surface area (Å²) in [4.78, 5) is 25.1. The van der Waals surface area contributed by atoms with Crippen LogP contribution in [0.25, 0.3) is 6.08 Å². The molecule has 0 radical (unpaired) electrons. The van der Waals surface area contributed by atoms with Crippen molar-refractivity contribution in [3.8, 4) is 17.6 Å². The minimum atomic E-state index is -0.513. The minimum Gasteiger partial charge on any atom is -0.493 e. The molecule has 4 rings (SSSR count). The second-order valence-electron chi connectivity index (χ2n) is 7.38. The lowest BCUT2D eigenvalue weighted by Crippen LogP contribution is -2.27. The molecular formula is C25H16ClN3O5S2. The highest BCUT2D eigenvalue weighted by Gasteiger charge is 2.33. The van der Waals surface area contributed by atoms with Gasteiger partial charge in [-0.15, -0.1) is 0 Å². The van der Waals surface area contributed by atoms with Crippen LogP contribution in [0.15, 0.2) is 65.6 Å². The zero-order chi connectivity index (χ0) is 25.8. The number of anilines is 1. The zero-order valence-corrected chi connectivity index (χ0v) is 21.0. The molecule has 0 aromatic heterocycles. The number of hydrogen-bond acceptors (Lipinski definition) is 8. The van der Waals surface area contributed by atoms with E-state index in [9.17, 15) is 20.2 Å². The first kappa shape index (κ1) is 25.2. The normalized spacial score (nSPS) is 14.1. The smallest absolute Gasteiger partial charge is 0.270 e. The van der Waals surface area contributed by atoms with Gasteiger partial charge in [-0.05, 0) is 42.0 Å². The monoisotopic (exact) mass is 537 g/mol. The molecule has 1 saturated heterocycles. The first-order valence-electron chi connectivity index (χ1n) is 10.3. The highest BCUT2D eigenvalue weighted by Crippen LogP contribution is 2.40. The van der Waals surface area contributed by atoms with Crippen LogP contribution in [-0.4, -0.2) is 22.3 Å². The van der Waals surface area contributed by atoms with E-state index in [0.29, 0.717) is 43.1 Å². The van der Waals surface area contributed by atoms with Crippen LogP contribution in [0.5, 0.6) is 11.5 Å². The Balaban J connectivity index is 1.58. The maximum absolute atomic E-state index is 13.1. The average Bonchev–Trinajstić information content (AvgIpc) is 3.15. The summed E-state index contributed by atoms with van der Waals surface area (Å²) in [7, 11) is 1.47. The van der Waals surface area contributed by atoms with E-state index in [2.05, 4.69) is 6.07 Å². The molecule has 8 nitrogen and oxygen atoms in total. The maximum Gasteiger partial charge on any atom is 0.270 e. The van der Waals surface area contributed by atoms with E-state index < -0.39 is 4.92 Å². The Hall–Kier alpha value is -3.91. The number of methoxy groups -OCH3 is 1. The summed E-state index contributed by atoms with van der Waals surface area (Å²) in [5.41, 5.74) is 2.14. The SMILES string of the molecule is COc1cc(/C=C2/SC(=S)N(c3ccc([N+](=O)[O-])cc3)C2=O)cc(Cl)c1OCc1ccccc1C#N. The number of hydrogen-bond donors (Lipinski definition) is 0. The number of halogens is 1. The molecule has 0 unspecified atom stereocenters. The molecule has 3 aromatic rings. The van der Waals surface area contributed by atoms with Crippen molar-refractivity contribution in [3.63, 3.8) is 0 Å². The topological polar surface area (TPSA) is 106 Å². The number of nitrogens with zero attached hydrogens (tertiary/aromatic N) is 3. The van der Waals surface area contributed by atoms with Crippen LogP contribution >= 0.6 is 35.6 Å². The second kappa shape index (κ2) is 10.8. The van der Waals surface area contributed by atoms with Gasteiger partial charge in [0.1, 0.15) is 6.61 Å². The predicted molar refractivity (Wildman–Crippen MR) is 142 cm³/mol. The molecule has 0 saturated carbocycles. The number of thiocarbonyl (C=S) groups is 1. The molecule has 180 valence electrons. The number of nitro benzene ring substituents is 1. The van der Waals surface area contributed by atoms with Crippen LogP contribution in [-0.2, 0) is 11.4 Å². The Morgan fingerprint density at radius 3 is 2.61 bits per heavy atom. The number of rotatable bonds is 7. The van der Waals surface area contributed by atoms with E-state index in [1.165, 1.54) is 36.3 Å². The van der Waals surface area contributed by atoms with E-state index in [0.717, 1.165) is 11.8 Å². The lowest BCUT2D eigenvalue weighted by Gasteiger charge is -2.14. The molecule has 0 aliphatic carbocycles. The summed E-state index contributed by atoms with van der Waals surface area (Å²) < 4.78 is 11.6. The minimum absolute atomic E-state index is 0.0834. The summed E-state index contributed by atoms with van der Waals surface area (Å²) in [5.74, 6) is 0.305. The number of nitro groups is 1. The fraction of sp³-hybridized carbons (Fsp3) is 0.0800. The lowest BCUT2D eigenvalue weighted by atomic mass is 10.1. The van der Waals surface area contributed by atoms with Gasteiger partial charge in [0.15, 0.2) is 15.8 Å². The number of ether oxygens (including phenoxy) is 2. The summed E-state index contributed by atoms with van der Waals surface area (Å²) >= 11 is 13.0. The van der Waals surface area contributed by atoms with Crippen LogP contribution in [0.3, 0.4) is 0 Å². The molecule has 1 fully saturated rings. The fourth-order valence-electron chi connectivity index (χ4n) is 3.43. The Bertz CT molecular complexity index is 1450. The molecule has 0 N–H and O–H groups in total. The molecule has 1 amide bonds. The van der Waals surface area contributed by atoms with Crippen molar-refractivity contribution < 1.29 is 19.2 Å². The van der Waals surface area contributed by atoms with Gasteiger partial charge in [0.05, 0.1) is 39.3 Å². The molecule has 3 aromatic carbocycles. The molecule has 1 aliphatic heterocycles. The first-order valence-corrected chi connectivity index (χ1v) is 11.9. The number of thioether (sulfide) groups is 1. The lowest BCUT2D eigenvalue weighted by molar-refractivity contribution is -0.384. The van der Waals surface area contributed by atoms with Gasteiger partial charge in [-0.2, -0.15) is 5.26 Å². The third-order valence-electron chi connectivity index (χ3n) is 5.17. The van der Waals surface area contributed by atoms with Gasteiger partial charge in [0.25, 0.3) is 11.6 Å². The molecule has 0 spiro atoms. The molecule has 1 aliphatic rings. The van der Waals surface area contributed by atoms with Crippen molar-refractivity contribution in [2.24, 2.45) is 0 Å². The van der Waals surface area contributed by atoms with E-state index in [4.69, 9.17) is 33.3 Å². The number of carbonyl (C=O) groups excluding carboxylic acids is 1. The summed E-state index contributed by atoms with van der Waals surface area (Å²) in [6.45, 7) is 0.118. The van der Waals surface area contributed by atoms with Crippen molar-refractivity contribution in [2.45, 2.75) is 6.61 Å². The van der Waals surface area contributed by atoms with Crippen LogP contribution in [0, 0.1) is 21.4 Å². The quantitative estimate of drug-likeness (QED) is 0.154. The van der Waals surface area contributed by atoms with Gasteiger partial charge >= 0.3 is 0 Å². The van der Waals surface area contributed by atoms with Gasteiger partial charge in [-0.1, -0.05) is 53.8 Å². The Labute approximate surface area is 220 Å². The van der Waals surface area contributed by atoms with Crippen molar-refractivity contribution in [2.75, 3.05) is 12.0 Å². The van der Waals surface area contributed by atoms with Crippen LogP contribution < -0.4 is 14.4 Å². The van der Waals surface area contributed by atoms with Gasteiger partial charge in [-0.3, -0.25) is 19.8 Å². The van der Waals surface area contributed by atoms with Gasteiger partial charge in [0.2, 0.25) is 0 Å². The third-order valence-corrected chi connectivity index (χ3v) is 6.75. The van der Waals surface area contributed by atoms with Crippen molar-refractivity contribution >= 4 is 63.3 Å². The Morgan fingerprint density at radius 2 is 1.94 bits per heavy atom. The second-order valence-corrected chi connectivity index (χ2v) is 9.47. The third kappa shape index (κ3) is 5.18. The van der Waals surface area contributed by atoms with Crippen molar-refractivity contribution in [3.05, 3.63) is 97.4 Å². The van der Waals surface area contributed by atoms with E-state index >= 15 is 0 Å². The Kier molecular flexibility index (Phi) is 7.55. The van der Waals surface area contributed by atoms with E-state index in [1.807, 2.05) is 6.07 Å². The molecule has 1 heterocycles. The number of nitriles is 1. The maximum atomic E-state index is 13.1. The largest absolute Gasteiger partial charge is 0.493 e. The number of benzene rings is 3. The number of non-ortho nitro benzene ring substituents is 1. The van der Waals surface area contributed by atoms with Crippen LogP contribution in [0.4, 0.5) is 11.4 Å². The van der Waals surface area contributed by atoms with Crippen molar-refractivity contribution in [1.82, 2.24) is 0 Å². The summed E-state index contributed by atoms with van der Waals surface area (Å²) in [6.07, 6.45) is 1.63. The zero-order valence-electron chi connectivity index (χ0n) is 18.6. The van der Waals surface area contributed by atoms with Gasteiger partial charge in [-0.25, -0.2) is 0 Å². The van der Waals surface area contributed by atoms with Gasteiger partial charge < -0.3 is 9.47 Å².